The van der Waals surface area contributed by atoms with Gasteiger partial charge >= 0.3 is 50.5 Å². The van der Waals surface area contributed by atoms with Gasteiger partial charge in [0.2, 0.25) is 0 Å². The smallest absolute Gasteiger partial charge is 0.269 e. The van der Waals surface area contributed by atoms with Gasteiger partial charge < -0.3 is 11.5 Å². The first-order chi connectivity index (χ1) is 8.70. The first-order valence-corrected chi connectivity index (χ1v) is 16.8. The van der Waals surface area contributed by atoms with Crippen LogP contribution >= 0.6 is 49.6 Å². The number of nitrogens with zero attached hydrogens (tertiary/aromatic N) is 2. The standard InChI is InChI=1S/C8H14N4O.ClH.I3/c1-3-4-5-6(9)7(8(10)13)12(2)11-5;;1-3-2/h3-4,9H2,1-2H3,(H2,10,13);1H;/q;;-1/i2D3;;. The molecule has 0 bridgehead atoms. The van der Waals surface area contributed by atoms with Gasteiger partial charge in [-0.15, -0.1) is 12.4 Å². The van der Waals surface area contributed by atoms with Crippen LogP contribution in [0.5, 0.6) is 0 Å². The zero-order valence-electron chi connectivity index (χ0n) is 11.9. The molecule has 0 fully saturated rings. The summed E-state index contributed by atoms with van der Waals surface area (Å²) in [5.41, 5.74) is 11.0. The van der Waals surface area contributed by atoms with E-state index in [4.69, 9.17) is 15.6 Å². The summed E-state index contributed by atoms with van der Waals surface area (Å²) in [5, 5.41) is 3.82. The van der Waals surface area contributed by atoms with Crippen molar-refractivity contribution in [3.05, 3.63) is 11.4 Å². The summed E-state index contributed by atoms with van der Waals surface area (Å²) in [6.07, 6.45) is 1.26. The zero-order valence-corrected chi connectivity index (χ0v) is 16.2. The SMILES string of the molecule is Cl.I[I-]I.[2H]C([2H])([2H])n1nc(CCC)c(N)c1C(N)=O. The fourth-order valence-corrected chi connectivity index (χ4v) is 1.13. The van der Waals surface area contributed by atoms with Gasteiger partial charge in [0, 0.05) is 11.1 Å². The van der Waals surface area contributed by atoms with Crippen LogP contribution in [0.15, 0.2) is 0 Å². The molecule has 1 heterocycles. The maximum absolute atomic E-state index is 11.1. The van der Waals surface area contributed by atoms with E-state index in [0.29, 0.717) is 30.1 Å². The van der Waals surface area contributed by atoms with Crippen molar-refractivity contribution in [2.24, 2.45) is 12.7 Å². The zero-order chi connectivity index (χ0) is 15.2. The minimum Gasteiger partial charge on any atom is -0.395 e. The molecule has 17 heavy (non-hydrogen) atoms. The van der Waals surface area contributed by atoms with Crippen LogP contribution in [0.1, 0.15) is 33.6 Å². The number of carbonyl (C=O) groups excluding carboxylic acids is 1. The fraction of sp³-hybridized carbons (Fsp3) is 0.500. The number of amides is 1. The van der Waals surface area contributed by atoms with Crippen LogP contribution < -0.4 is 24.7 Å². The Labute approximate surface area is 141 Å². The molecule has 102 valence electrons. The van der Waals surface area contributed by atoms with Gasteiger partial charge in [-0.3, -0.25) is 9.48 Å². The second-order valence-electron chi connectivity index (χ2n) is 2.79. The summed E-state index contributed by atoms with van der Waals surface area (Å²) < 4.78 is 22.3. The quantitative estimate of drug-likeness (QED) is 0.447. The Bertz CT molecular complexity index is 441. The molecule has 0 aromatic carbocycles. The summed E-state index contributed by atoms with van der Waals surface area (Å²) in [5.74, 6) is -0.886. The van der Waals surface area contributed by atoms with Gasteiger partial charge in [-0.25, -0.2) is 0 Å². The summed E-state index contributed by atoms with van der Waals surface area (Å²) in [4.78, 5) is 11.1. The van der Waals surface area contributed by atoms with Crippen molar-refractivity contribution in [2.45, 2.75) is 19.8 Å². The topological polar surface area (TPSA) is 86.9 Å². The van der Waals surface area contributed by atoms with Crippen molar-refractivity contribution in [3.8, 4) is 0 Å². The van der Waals surface area contributed by atoms with Gasteiger partial charge in [0.05, 0.1) is 11.4 Å². The second-order valence-corrected chi connectivity index (χ2v) is 19.0. The third-order valence-electron chi connectivity index (χ3n) is 1.72. The Morgan fingerprint density at radius 3 is 2.47 bits per heavy atom. The van der Waals surface area contributed by atoms with E-state index in [1.807, 2.05) is 6.92 Å². The van der Waals surface area contributed by atoms with E-state index in [2.05, 4.69) is 42.3 Å². The van der Waals surface area contributed by atoms with Crippen LogP contribution in [0.4, 0.5) is 5.69 Å². The number of carbonyl (C=O) groups is 1. The van der Waals surface area contributed by atoms with Crippen LogP contribution in [0, 0.1) is 0 Å². The molecule has 0 spiro atoms. The molecule has 1 rings (SSSR count). The molecule has 0 aliphatic rings. The number of nitrogen functional groups attached to an aromatic ring is 1. The van der Waals surface area contributed by atoms with Crippen LogP contribution in [0.25, 0.3) is 0 Å². The Balaban J connectivity index is 0. The molecule has 0 aliphatic heterocycles. The second kappa shape index (κ2) is 10.8. The third kappa shape index (κ3) is 6.61. The van der Waals surface area contributed by atoms with Gasteiger partial charge in [0.1, 0.15) is 5.69 Å². The number of nitrogens with two attached hydrogens (primary N) is 2. The molecular weight excluding hydrogens is 584 g/mol. The largest absolute Gasteiger partial charge is 0.395 e. The molecule has 5 nitrogen and oxygen atoms in total. The summed E-state index contributed by atoms with van der Waals surface area (Å²) >= 11 is 5.30. The molecule has 1 aromatic rings. The predicted molar refractivity (Wildman–Crippen MR) is 85.4 cm³/mol. The maximum Gasteiger partial charge on any atom is 0.269 e. The molecule has 0 saturated heterocycles. The summed E-state index contributed by atoms with van der Waals surface area (Å²) in [6, 6.07) is 0. The van der Waals surface area contributed by atoms with E-state index < -0.39 is 12.9 Å². The maximum atomic E-state index is 11.1. The van der Waals surface area contributed by atoms with Crippen LogP contribution in [0.2, 0.25) is 0 Å². The van der Waals surface area contributed by atoms with Crippen LogP contribution in [-0.4, -0.2) is 15.7 Å². The van der Waals surface area contributed by atoms with E-state index in [9.17, 15) is 4.79 Å². The van der Waals surface area contributed by atoms with E-state index >= 15 is 0 Å². The normalized spacial score (nSPS) is 12.5. The number of anilines is 1. The van der Waals surface area contributed by atoms with Crippen LogP contribution in [-0.2, 0) is 13.4 Å². The number of aromatic nitrogens is 2. The van der Waals surface area contributed by atoms with Crippen molar-refractivity contribution in [3.63, 3.8) is 0 Å². The predicted octanol–water partition coefficient (Wildman–Crippen LogP) is -0.749. The number of rotatable bonds is 3. The van der Waals surface area contributed by atoms with Gasteiger partial charge in [-0.2, -0.15) is 5.10 Å². The van der Waals surface area contributed by atoms with Crippen molar-refractivity contribution in [2.75, 3.05) is 5.73 Å². The van der Waals surface area contributed by atoms with Crippen molar-refractivity contribution < 1.29 is 22.2 Å². The first kappa shape index (κ1) is 14.4. The molecule has 1 aromatic heterocycles. The molecule has 4 N–H and O–H groups in total. The number of hydrogen-bond donors (Lipinski definition) is 2. The van der Waals surface area contributed by atoms with Gasteiger partial charge in [0.15, 0.2) is 0 Å². The molecule has 9 heteroatoms. The van der Waals surface area contributed by atoms with E-state index in [1.54, 1.807) is 0 Å². The van der Waals surface area contributed by atoms with Crippen molar-refractivity contribution >= 4 is 61.2 Å². The Hall–Kier alpha value is 0.960. The minimum absolute atomic E-state index is 0. The molecular formula is C8H15ClI3N4O-. The average Bonchev–Trinajstić information content (AvgIpc) is 2.58. The summed E-state index contributed by atoms with van der Waals surface area (Å²) in [7, 11) is 0. The van der Waals surface area contributed by atoms with Gasteiger partial charge in [-0.1, -0.05) is 13.3 Å². The molecule has 1 amide bonds. The number of primary amides is 1. The Morgan fingerprint density at radius 1 is 1.65 bits per heavy atom. The average molecular weight is 602 g/mol. The molecule has 0 unspecified atom stereocenters. The van der Waals surface area contributed by atoms with E-state index in [-0.39, 0.29) is 23.8 Å². The number of halogens is 4. The fourth-order valence-electron chi connectivity index (χ4n) is 1.13. The van der Waals surface area contributed by atoms with E-state index in [1.165, 1.54) is 0 Å². The molecule has 0 saturated carbocycles. The molecule has 0 radical (unpaired) electrons. The minimum atomic E-state index is -2.55. The van der Waals surface area contributed by atoms with E-state index in [0.717, 1.165) is 6.42 Å². The third-order valence-corrected chi connectivity index (χ3v) is 1.72. The number of aryl methyl sites for hydroxylation is 2. The Kier molecular flexibility index (Phi) is 9.17. The van der Waals surface area contributed by atoms with Crippen molar-refractivity contribution in [1.82, 2.24) is 9.78 Å². The van der Waals surface area contributed by atoms with Gasteiger partial charge in [0.25, 0.3) is 5.91 Å². The van der Waals surface area contributed by atoms with Crippen LogP contribution in [0.3, 0.4) is 0 Å². The number of hydrogen-bond acceptors (Lipinski definition) is 3. The Morgan fingerprint density at radius 2 is 2.18 bits per heavy atom. The van der Waals surface area contributed by atoms with Crippen molar-refractivity contribution in [1.29, 1.82) is 0 Å². The first-order valence-electron chi connectivity index (χ1n) is 5.75. The monoisotopic (exact) mass is 602 g/mol. The summed E-state index contributed by atoms with van der Waals surface area (Å²) in [6.45, 7) is -0.651. The van der Waals surface area contributed by atoms with Gasteiger partial charge in [-0.05, 0) is 6.42 Å². The molecule has 0 aliphatic carbocycles. The molecule has 0 atom stereocenters.